The summed E-state index contributed by atoms with van der Waals surface area (Å²) in [5.74, 6) is 0.508. The van der Waals surface area contributed by atoms with Crippen molar-refractivity contribution in [1.82, 2.24) is 15.0 Å². The highest BCUT2D eigenvalue weighted by Gasteiger charge is 2.06. The lowest BCUT2D eigenvalue weighted by atomic mass is 10.2. The largest absolute Gasteiger partial charge is 0.464 e. The van der Waals surface area contributed by atoms with Crippen molar-refractivity contribution >= 4 is 11.9 Å². The van der Waals surface area contributed by atoms with Crippen molar-refractivity contribution in [3.8, 4) is 6.01 Å². The fourth-order valence-corrected chi connectivity index (χ4v) is 1.57. The van der Waals surface area contributed by atoms with Crippen LogP contribution in [0.2, 0.25) is 0 Å². The molecular formula is C13H16FN5O. The average molecular weight is 277 g/mol. The number of hydrogen-bond donors (Lipinski definition) is 2. The lowest BCUT2D eigenvalue weighted by Gasteiger charge is -2.08. The number of ether oxygens (including phenoxy) is 1. The second-order valence-corrected chi connectivity index (χ2v) is 3.93. The Morgan fingerprint density at radius 3 is 2.70 bits per heavy atom. The molecule has 0 aliphatic rings. The number of rotatable bonds is 6. The Morgan fingerprint density at radius 2 is 2.00 bits per heavy atom. The summed E-state index contributed by atoms with van der Waals surface area (Å²) < 4.78 is 18.3. The number of halogens is 1. The van der Waals surface area contributed by atoms with Gasteiger partial charge in [-0.25, -0.2) is 4.39 Å². The molecule has 0 bridgehead atoms. The number of hydrogen-bond acceptors (Lipinski definition) is 6. The smallest absolute Gasteiger partial charge is 0.323 e. The zero-order valence-corrected chi connectivity index (χ0v) is 11.4. The molecular weight excluding hydrogens is 261 g/mol. The van der Waals surface area contributed by atoms with Gasteiger partial charge in [-0.1, -0.05) is 12.1 Å². The normalized spacial score (nSPS) is 10.2. The molecule has 0 spiro atoms. The maximum atomic E-state index is 13.1. The van der Waals surface area contributed by atoms with Gasteiger partial charge in [-0.2, -0.15) is 15.0 Å². The first-order valence-corrected chi connectivity index (χ1v) is 6.26. The molecule has 0 fully saturated rings. The Hall–Kier alpha value is -2.44. The van der Waals surface area contributed by atoms with E-state index in [0.717, 1.165) is 5.56 Å². The van der Waals surface area contributed by atoms with E-state index in [1.807, 2.05) is 13.0 Å². The van der Waals surface area contributed by atoms with E-state index in [2.05, 4.69) is 25.6 Å². The zero-order chi connectivity index (χ0) is 14.4. The van der Waals surface area contributed by atoms with Gasteiger partial charge in [-0.15, -0.1) is 0 Å². The predicted molar refractivity (Wildman–Crippen MR) is 74.3 cm³/mol. The second-order valence-electron chi connectivity index (χ2n) is 3.93. The summed E-state index contributed by atoms with van der Waals surface area (Å²) in [4.78, 5) is 12.3. The lowest BCUT2D eigenvalue weighted by Crippen LogP contribution is -2.09. The molecule has 1 aromatic carbocycles. The van der Waals surface area contributed by atoms with E-state index in [-0.39, 0.29) is 11.8 Å². The first-order chi connectivity index (χ1) is 9.71. The molecule has 0 saturated carbocycles. The van der Waals surface area contributed by atoms with E-state index in [9.17, 15) is 4.39 Å². The summed E-state index contributed by atoms with van der Waals surface area (Å²) in [6, 6.07) is 6.58. The third-order valence-electron chi connectivity index (χ3n) is 2.45. The molecule has 0 radical (unpaired) electrons. The zero-order valence-electron chi connectivity index (χ0n) is 11.4. The molecule has 2 rings (SSSR count). The maximum Gasteiger partial charge on any atom is 0.323 e. The van der Waals surface area contributed by atoms with E-state index in [1.54, 1.807) is 13.1 Å². The Bertz CT molecular complexity index is 578. The molecule has 0 amide bonds. The summed E-state index contributed by atoms with van der Waals surface area (Å²) in [6.45, 7) is 2.73. The highest BCUT2D eigenvalue weighted by molar-refractivity contribution is 5.36. The van der Waals surface area contributed by atoms with Crippen LogP contribution >= 0.6 is 0 Å². The number of benzene rings is 1. The number of aromatic nitrogens is 3. The van der Waals surface area contributed by atoms with Crippen molar-refractivity contribution in [1.29, 1.82) is 0 Å². The molecule has 0 aliphatic carbocycles. The van der Waals surface area contributed by atoms with Crippen molar-refractivity contribution in [2.45, 2.75) is 13.5 Å². The molecule has 20 heavy (non-hydrogen) atoms. The number of nitrogens with zero attached hydrogens (tertiary/aromatic N) is 3. The molecule has 1 heterocycles. The second kappa shape index (κ2) is 6.65. The van der Waals surface area contributed by atoms with Gasteiger partial charge >= 0.3 is 6.01 Å². The van der Waals surface area contributed by atoms with Gasteiger partial charge < -0.3 is 15.4 Å². The van der Waals surface area contributed by atoms with Gasteiger partial charge in [0.1, 0.15) is 5.82 Å². The molecule has 0 aliphatic heterocycles. The van der Waals surface area contributed by atoms with E-state index >= 15 is 0 Å². The van der Waals surface area contributed by atoms with Crippen LogP contribution in [0.4, 0.5) is 16.3 Å². The molecule has 0 unspecified atom stereocenters. The minimum Gasteiger partial charge on any atom is -0.464 e. The van der Waals surface area contributed by atoms with Crippen LogP contribution in [0.25, 0.3) is 0 Å². The van der Waals surface area contributed by atoms with Gasteiger partial charge in [0, 0.05) is 13.6 Å². The molecule has 6 nitrogen and oxygen atoms in total. The topological polar surface area (TPSA) is 72.0 Å². The standard InChI is InChI=1S/C13H16FN5O/c1-3-20-13-18-11(15-2)17-12(19-13)16-8-9-5-4-6-10(14)7-9/h4-7H,3,8H2,1-2H3,(H2,15,16,17,18,19). The summed E-state index contributed by atoms with van der Waals surface area (Å²) in [5, 5.41) is 5.84. The van der Waals surface area contributed by atoms with Crippen LogP contribution in [-0.4, -0.2) is 28.6 Å². The van der Waals surface area contributed by atoms with Crippen molar-refractivity contribution in [3.63, 3.8) is 0 Å². The summed E-state index contributed by atoms with van der Waals surface area (Å²) in [6.07, 6.45) is 0. The third kappa shape index (κ3) is 3.78. The Kier molecular flexibility index (Phi) is 4.65. The Labute approximate surface area is 116 Å². The van der Waals surface area contributed by atoms with Crippen molar-refractivity contribution in [2.24, 2.45) is 0 Å². The first kappa shape index (κ1) is 14.0. The van der Waals surface area contributed by atoms with E-state index in [0.29, 0.717) is 25.0 Å². The van der Waals surface area contributed by atoms with Gasteiger partial charge in [-0.05, 0) is 24.6 Å². The molecule has 0 saturated heterocycles. The Morgan fingerprint density at radius 1 is 1.20 bits per heavy atom. The fraction of sp³-hybridized carbons (Fsp3) is 0.308. The van der Waals surface area contributed by atoms with Gasteiger partial charge in [0.2, 0.25) is 11.9 Å². The van der Waals surface area contributed by atoms with Crippen molar-refractivity contribution in [3.05, 3.63) is 35.6 Å². The van der Waals surface area contributed by atoms with E-state index in [1.165, 1.54) is 12.1 Å². The van der Waals surface area contributed by atoms with Gasteiger partial charge in [0.05, 0.1) is 6.61 Å². The minimum atomic E-state index is -0.272. The predicted octanol–water partition coefficient (Wildman–Crippen LogP) is 2.06. The van der Waals surface area contributed by atoms with Crippen LogP contribution in [0, 0.1) is 5.82 Å². The molecule has 7 heteroatoms. The monoisotopic (exact) mass is 277 g/mol. The van der Waals surface area contributed by atoms with Crippen LogP contribution in [0.15, 0.2) is 24.3 Å². The van der Waals surface area contributed by atoms with Gasteiger partial charge in [-0.3, -0.25) is 0 Å². The van der Waals surface area contributed by atoms with Crippen LogP contribution in [-0.2, 0) is 6.54 Å². The van der Waals surface area contributed by atoms with E-state index < -0.39 is 0 Å². The average Bonchev–Trinajstić information content (AvgIpc) is 2.45. The summed E-state index contributed by atoms with van der Waals surface area (Å²) in [5.41, 5.74) is 0.800. The van der Waals surface area contributed by atoms with Crippen LogP contribution in [0.3, 0.4) is 0 Å². The third-order valence-corrected chi connectivity index (χ3v) is 2.45. The molecule has 0 atom stereocenters. The van der Waals surface area contributed by atoms with Crippen LogP contribution in [0.5, 0.6) is 6.01 Å². The SMILES string of the molecule is CCOc1nc(NC)nc(NCc2cccc(F)c2)n1. The summed E-state index contributed by atoms with van der Waals surface area (Å²) >= 11 is 0. The van der Waals surface area contributed by atoms with E-state index in [4.69, 9.17) is 4.74 Å². The first-order valence-electron chi connectivity index (χ1n) is 6.26. The molecule has 106 valence electrons. The van der Waals surface area contributed by atoms with Gasteiger partial charge in [0.15, 0.2) is 0 Å². The lowest BCUT2D eigenvalue weighted by molar-refractivity contribution is 0.312. The highest BCUT2D eigenvalue weighted by Crippen LogP contribution is 2.12. The quantitative estimate of drug-likeness (QED) is 0.842. The molecule has 2 aromatic rings. The highest BCUT2D eigenvalue weighted by atomic mass is 19.1. The minimum absolute atomic E-state index is 0.244. The number of anilines is 2. The number of nitrogens with one attached hydrogen (secondary N) is 2. The van der Waals surface area contributed by atoms with Crippen molar-refractivity contribution < 1.29 is 9.13 Å². The van der Waals surface area contributed by atoms with Crippen LogP contribution in [0.1, 0.15) is 12.5 Å². The van der Waals surface area contributed by atoms with Crippen molar-refractivity contribution in [2.75, 3.05) is 24.3 Å². The van der Waals surface area contributed by atoms with Crippen LogP contribution < -0.4 is 15.4 Å². The molecule has 2 N–H and O–H groups in total. The summed E-state index contributed by atoms with van der Waals surface area (Å²) in [7, 11) is 1.71. The maximum absolute atomic E-state index is 13.1. The molecule has 1 aromatic heterocycles. The Balaban J connectivity index is 2.10. The van der Waals surface area contributed by atoms with Gasteiger partial charge in [0.25, 0.3) is 0 Å². The fourth-order valence-electron chi connectivity index (χ4n) is 1.57.